The number of hydrogen-bond acceptors (Lipinski definition) is 3. The third-order valence-electron chi connectivity index (χ3n) is 3.45. The summed E-state index contributed by atoms with van der Waals surface area (Å²) in [6.07, 6.45) is 2.57. The zero-order valence-electron chi connectivity index (χ0n) is 11.1. The van der Waals surface area contributed by atoms with E-state index in [0.29, 0.717) is 17.8 Å². The molecular formula is C14H21N3O. The second-order valence-corrected chi connectivity index (χ2v) is 5.01. The Bertz CT molecular complexity index is 420. The van der Waals surface area contributed by atoms with Crippen LogP contribution in [0.3, 0.4) is 0 Å². The Morgan fingerprint density at radius 3 is 2.83 bits per heavy atom. The van der Waals surface area contributed by atoms with Gasteiger partial charge in [0, 0.05) is 24.8 Å². The van der Waals surface area contributed by atoms with Crippen molar-refractivity contribution in [2.24, 2.45) is 0 Å². The molecule has 98 valence electrons. The standard InChI is InChI=1S/C14H21N3O/c1-10-4-3-5-12(15)13(10)14(18)16-8-9-17(2)11-6-7-11/h3-5,11H,6-9,15H2,1-2H3,(H,16,18). The van der Waals surface area contributed by atoms with E-state index in [1.807, 2.05) is 19.1 Å². The van der Waals surface area contributed by atoms with Crippen LogP contribution in [0.1, 0.15) is 28.8 Å². The fourth-order valence-electron chi connectivity index (χ4n) is 2.13. The van der Waals surface area contributed by atoms with Crippen LogP contribution < -0.4 is 11.1 Å². The van der Waals surface area contributed by atoms with Crippen LogP contribution in [0.5, 0.6) is 0 Å². The summed E-state index contributed by atoms with van der Waals surface area (Å²) in [5.41, 5.74) is 7.91. The summed E-state index contributed by atoms with van der Waals surface area (Å²) < 4.78 is 0. The SMILES string of the molecule is Cc1cccc(N)c1C(=O)NCCN(C)C1CC1. The highest BCUT2D eigenvalue weighted by Crippen LogP contribution is 2.24. The van der Waals surface area contributed by atoms with Gasteiger partial charge in [-0.05, 0) is 38.4 Å². The maximum absolute atomic E-state index is 12.0. The van der Waals surface area contributed by atoms with Gasteiger partial charge >= 0.3 is 0 Å². The number of amides is 1. The molecular weight excluding hydrogens is 226 g/mol. The second kappa shape index (κ2) is 5.40. The molecule has 1 aliphatic carbocycles. The third-order valence-corrected chi connectivity index (χ3v) is 3.45. The molecule has 0 spiro atoms. The van der Waals surface area contributed by atoms with E-state index in [9.17, 15) is 4.79 Å². The van der Waals surface area contributed by atoms with Crippen molar-refractivity contribution >= 4 is 11.6 Å². The Morgan fingerprint density at radius 2 is 2.22 bits per heavy atom. The number of anilines is 1. The van der Waals surface area contributed by atoms with Crippen LogP contribution in [-0.2, 0) is 0 Å². The van der Waals surface area contributed by atoms with E-state index in [4.69, 9.17) is 5.73 Å². The number of carbonyl (C=O) groups excluding carboxylic acids is 1. The first-order valence-corrected chi connectivity index (χ1v) is 6.43. The van der Waals surface area contributed by atoms with E-state index in [0.717, 1.165) is 18.2 Å². The molecule has 1 amide bonds. The Hall–Kier alpha value is -1.55. The van der Waals surface area contributed by atoms with E-state index in [1.54, 1.807) is 6.07 Å². The molecule has 1 aromatic rings. The number of nitrogens with two attached hydrogens (primary N) is 1. The molecule has 0 radical (unpaired) electrons. The van der Waals surface area contributed by atoms with Gasteiger partial charge < -0.3 is 16.0 Å². The van der Waals surface area contributed by atoms with E-state index in [1.165, 1.54) is 12.8 Å². The van der Waals surface area contributed by atoms with Gasteiger partial charge in [-0.3, -0.25) is 4.79 Å². The number of carbonyl (C=O) groups is 1. The summed E-state index contributed by atoms with van der Waals surface area (Å²) >= 11 is 0. The van der Waals surface area contributed by atoms with Crippen LogP contribution in [0, 0.1) is 6.92 Å². The van der Waals surface area contributed by atoms with Gasteiger partial charge in [0.25, 0.3) is 5.91 Å². The van der Waals surface area contributed by atoms with Gasteiger partial charge in [0.1, 0.15) is 0 Å². The van der Waals surface area contributed by atoms with Gasteiger partial charge in [0.05, 0.1) is 5.56 Å². The smallest absolute Gasteiger partial charge is 0.253 e. The topological polar surface area (TPSA) is 58.4 Å². The summed E-state index contributed by atoms with van der Waals surface area (Å²) in [4.78, 5) is 14.3. The molecule has 0 aliphatic heterocycles. The Kier molecular flexibility index (Phi) is 3.87. The summed E-state index contributed by atoms with van der Waals surface area (Å²) in [7, 11) is 2.10. The molecule has 18 heavy (non-hydrogen) atoms. The van der Waals surface area contributed by atoms with Crippen molar-refractivity contribution < 1.29 is 4.79 Å². The van der Waals surface area contributed by atoms with Gasteiger partial charge in [-0.2, -0.15) is 0 Å². The van der Waals surface area contributed by atoms with E-state index < -0.39 is 0 Å². The van der Waals surface area contributed by atoms with Crippen molar-refractivity contribution in [1.82, 2.24) is 10.2 Å². The quantitative estimate of drug-likeness (QED) is 0.773. The van der Waals surface area contributed by atoms with Gasteiger partial charge in [0.2, 0.25) is 0 Å². The maximum Gasteiger partial charge on any atom is 0.253 e. The van der Waals surface area contributed by atoms with Crippen LogP contribution >= 0.6 is 0 Å². The second-order valence-electron chi connectivity index (χ2n) is 5.01. The molecule has 2 rings (SSSR count). The van der Waals surface area contributed by atoms with Crippen LogP contribution in [0.15, 0.2) is 18.2 Å². The molecule has 0 heterocycles. The molecule has 0 saturated heterocycles. The van der Waals surface area contributed by atoms with Crippen molar-refractivity contribution in [1.29, 1.82) is 0 Å². The van der Waals surface area contributed by atoms with Gasteiger partial charge in [-0.1, -0.05) is 12.1 Å². The normalized spacial score (nSPS) is 14.8. The van der Waals surface area contributed by atoms with Crippen molar-refractivity contribution in [3.63, 3.8) is 0 Å². The molecule has 1 fully saturated rings. The highest BCUT2D eigenvalue weighted by atomic mass is 16.1. The molecule has 0 unspecified atom stereocenters. The lowest BCUT2D eigenvalue weighted by Gasteiger charge is -2.16. The predicted octanol–water partition coefficient (Wildman–Crippen LogP) is 1.40. The van der Waals surface area contributed by atoms with Gasteiger partial charge in [0.15, 0.2) is 0 Å². The fraction of sp³-hybridized carbons (Fsp3) is 0.500. The number of rotatable bonds is 5. The first-order valence-electron chi connectivity index (χ1n) is 6.43. The average Bonchev–Trinajstić information content (AvgIpc) is 3.12. The lowest BCUT2D eigenvalue weighted by atomic mass is 10.1. The zero-order valence-corrected chi connectivity index (χ0v) is 11.1. The minimum absolute atomic E-state index is 0.0743. The molecule has 0 aromatic heterocycles. The highest BCUT2D eigenvalue weighted by molar-refractivity contribution is 6.00. The summed E-state index contributed by atoms with van der Waals surface area (Å²) in [5.74, 6) is -0.0743. The molecule has 1 saturated carbocycles. The maximum atomic E-state index is 12.0. The Morgan fingerprint density at radius 1 is 1.50 bits per heavy atom. The van der Waals surface area contributed by atoms with Crippen LogP contribution in [-0.4, -0.2) is 37.0 Å². The Labute approximate surface area is 108 Å². The number of nitrogen functional groups attached to an aromatic ring is 1. The first-order chi connectivity index (χ1) is 8.59. The molecule has 4 nitrogen and oxygen atoms in total. The molecule has 3 N–H and O–H groups in total. The molecule has 0 atom stereocenters. The lowest BCUT2D eigenvalue weighted by Crippen LogP contribution is -2.34. The van der Waals surface area contributed by atoms with Crippen molar-refractivity contribution in [3.05, 3.63) is 29.3 Å². The zero-order chi connectivity index (χ0) is 13.1. The fourth-order valence-corrected chi connectivity index (χ4v) is 2.13. The lowest BCUT2D eigenvalue weighted by molar-refractivity contribution is 0.0950. The predicted molar refractivity (Wildman–Crippen MR) is 73.6 cm³/mol. The summed E-state index contributed by atoms with van der Waals surface area (Å²) in [6.45, 7) is 3.46. The molecule has 1 aromatic carbocycles. The Balaban J connectivity index is 1.87. The van der Waals surface area contributed by atoms with Crippen LogP contribution in [0.2, 0.25) is 0 Å². The monoisotopic (exact) mass is 247 g/mol. The van der Waals surface area contributed by atoms with Crippen molar-refractivity contribution in [3.8, 4) is 0 Å². The van der Waals surface area contributed by atoms with E-state index >= 15 is 0 Å². The van der Waals surface area contributed by atoms with Crippen molar-refractivity contribution in [2.45, 2.75) is 25.8 Å². The number of nitrogens with one attached hydrogen (secondary N) is 1. The van der Waals surface area contributed by atoms with Crippen molar-refractivity contribution in [2.75, 3.05) is 25.9 Å². The van der Waals surface area contributed by atoms with Gasteiger partial charge in [-0.25, -0.2) is 0 Å². The van der Waals surface area contributed by atoms with E-state index in [-0.39, 0.29) is 5.91 Å². The number of hydrogen-bond donors (Lipinski definition) is 2. The first kappa shape index (κ1) is 12.9. The largest absolute Gasteiger partial charge is 0.398 e. The molecule has 1 aliphatic rings. The number of benzene rings is 1. The molecule has 4 heteroatoms. The summed E-state index contributed by atoms with van der Waals surface area (Å²) in [5, 5.41) is 2.93. The number of likely N-dealkylation sites (N-methyl/N-ethyl adjacent to an activating group) is 1. The minimum atomic E-state index is -0.0743. The van der Waals surface area contributed by atoms with E-state index in [2.05, 4.69) is 17.3 Å². The van der Waals surface area contributed by atoms with Crippen LogP contribution in [0.4, 0.5) is 5.69 Å². The highest BCUT2D eigenvalue weighted by Gasteiger charge is 2.25. The third kappa shape index (κ3) is 3.01. The number of aryl methyl sites for hydroxylation is 1. The number of nitrogens with zero attached hydrogens (tertiary/aromatic N) is 1. The molecule has 0 bridgehead atoms. The average molecular weight is 247 g/mol. The van der Waals surface area contributed by atoms with Gasteiger partial charge in [-0.15, -0.1) is 0 Å². The minimum Gasteiger partial charge on any atom is -0.398 e. The summed E-state index contributed by atoms with van der Waals surface area (Å²) in [6, 6.07) is 6.26. The van der Waals surface area contributed by atoms with Crippen LogP contribution in [0.25, 0.3) is 0 Å².